The van der Waals surface area contributed by atoms with Crippen molar-refractivity contribution in [1.82, 2.24) is 0 Å². The lowest BCUT2D eigenvalue weighted by Gasteiger charge is -2.16. The third-order valence-corrected chi connectivity index (χ3v) is 4.24. The summed E-state index contributed by atoms with van der Waals surface area (Å²) in [5, 5.41) is 8.67. The van der Waals surface area contributed by atoms with Crippen LogP contribution in [0.3, 0.4) is 0 Å². The summed E-state index contributed by atoms with van der Waals surface area (Å²) in [5.41, 5.74) is 0.429. The van der Waals surface area contributed by atoms with Crippen LogP contribution < -0.4 is 0 Å². The summed E-state index contributed by atoms with van der Waals surface area (Å²) >= 11 is 0. The number of carbonyl (C=O) groups is 1. The summed E-state index contributed by atoms with van der Waals surface area (Å²) in [6.07, 6.45) is 3.64. The lowest BCUT2D eigenvalue weighted by molar-refractivity contribution is -0.132. The zero-order valence-corrected chi connectivity index (χ0v) is 12.5. The van der Waals surface area contributed by atoms with Gasteiger partial charge in [0.15, 0.2) is 0 Å². The van der Waals surface area contributed by atoms with Crippen molar-refractivity contribution in [3.05, 3.63) is 11.6 Å². The highest BCUT2D eigenvalue weighted by Gasteiger charge is 2.07. The first kappa shape index (κ1) is 16.3. The molecule has 17 heavy (non-hydrogen) atoms. The van der Waals surface area contributed by atoms with E-state index in [4.69, 9.17) is 14.6 Å². The van der Waals surface area contributed by atoms with E-state index in [1.165, 1.54) is 0 Å². The van der Waals surface area contributed by atoms with Gasteiger partial charge in [-0.25, -0.2) is 4.79 Å². The minimum Gasteiger partial charge on any atom is -0.478 e. The Morgan fingerprint density at radius 2 is 1.94 bits per heavy atom. The van der Waals surface area contributed by atoms with Crippen molar-refractivity contribution in [2.45, 2.75) is 45.6 Å². The molecule has 0 rings (SSSR count). The van der Waals surface area contributed by atoms with Crippen LogP contribution in [0.25, 0.3) is 0 Å². The van der Waals surface area contributed by atoms with Crippen molar-refractivity contribution in [1.29, 1.82) is 0 Å². The summed E-state index contributed by atoms with van der Waals surface area (Å²) < 4.78 is 11.0. The van der Waals surface area contributed by atoms with E-state index in [2.05, 4.69) is 0 Å². The van der Waals surface area contributed by atoms with Gasteiger partial charge >= 0.3 is 5.97 Å². The lowest BCUT2D eigenvalue weighted by atomic mass is 10.2. The SMILES string of the molecule is CCOC(OCC)[SiH2]CCCC=C(C)C(=O)O. The van der Waals surface area contributed by atoms with Crippen LogP contribution in [0.15, 0.2) is 11.6 Å². The zero-order chi connectivity index (χ0) is 13.1. The molecule has 0 aliphatic heterocycles. The molecular formula is C12H24O4Si. The monoisotopic (exact) mass is 260 g/mol. The number of ether oxygens (including phenoxy) is 2. The summed E-state index contributed by atoms with van der Waals surface area (Å²) in [5.74, 6) is -0.807. The first-order chi connectivity index (χ1) is 8.11. The highest BCUT2D eigenvalue weighted by Crippen LogP contribution is 2.04. The predicted molar refractivity (Wildman–Crippen MR) is 71.0 cm³/mol. The van der Waals surface area contributed by atoms with Crippen molar-refractivity contribution in [2.75, 3.05) is 13.2 Å². The highest BCUT2D eigenvalue weighted by atomic mass is 28.2. The van der Waals surface area contributed by atoms with Crippen LogP contribution in [-0.2, 0) is 14.3 Å². The third kappa shape index (κ3) is 9.09. The Morgan fingerprint density at radius 3 is 2.41 bits per heavy atom. The number of carboxylic acids is 1. The van der Waals surface area contributed by atoms with E-state index in [0.29, 0.717) is 18.8 Å². The minimum atomic E-state index is -0.830. The molecule has 0 aromatic heterocycles. The quantitative estimate of drug-likeness (QED) is 0.281. The Balaban J connectivity index is 3.67. The summed E-state index contributed by atoms with van der Waals surface area (Å²) in [6, 6.07) is 1.12. The molecule has 0 amide bonds. The minimum absolute atomic E-state index is 0.0227. The molecule has 0 bridgehead atoms. The van der Waals surface area contributed by atoms with Crippen molar-refractivity contribution in [3.63, 3.8) is 0 Å². The molecule has 0 spiro atoms. The molecule has 0 saturated carbocycles. The zero-order valence-electron chi connectivity index (χ0n) is 11.1. The van der Waals surface area contributed by atoms with Gasteiger partial charge in [0, 0.05) is 18.8 Å². The highest BCUT2D eigenvalue weighted by molar-refractivity contribution is 6.36. The van der Waals surface area contributed by atoms with Crippen molar-refractivity contribution in [3.8, 4) is 0 Å². The van der Waals surface area contributed by atoms with E-state index >= 15 is 0 Å². The summed E-state index contributed by atoms with van der Waals surface area (Å²) in [7, 11) is -0.382. The Hall–Kier alpha value is -0.653. The number of carboxylic acid groups (broad SMARTS) is 1. The second kappa shape index (κ2) is 10.5. The summed E-state index contributed by atoms with van der Waals surface area (Å²) in [4.78, 5) is 10.5. The first-order valence-electron chi connectivity index (χ1n) is 6.25. The number of aliphatic carboxylic acids is 1. The Kier molecular flexibility index (Phi) is 10.1. The molecule has 0 atom stereocenters. The van der Waals surface area contributed by atoms with Gasteiger partial charge in [0.1, 0.15) is 5.91 Å². The molecule has 0 unspecified atom stereocenters. The number of rotatable bonds is 10. The Bertz CT molecular complexity index is 235. The van der Waals surface area contributed by atoms with Gasteiger partial charge in [-0.15, -0.1) is 0 Å². The fourth-order valence-electron chi connectivity index (χ4n) is 1.45. The van der Waals surface area contributed by atoms with Crippen LogP contribution in [0, 0.1) is 0 Å². The third-order valence-electron chi connectivity index (χ3n) is 2.39. The van der Waals surface area contributed by atoms with Crippen molar-refractivity contribution >= 4 is 15.5 Å². The fraction of sp³-hybridized carbons (Fsp3) is 0.750. The lowest BCUT2D eigenvalue weighted by Crippen LogP contribution is -2.24. The van der Waals surface area contributed by atoms with Crippen LogP contribution in [0.5, 0.6) is 0 Å². The molecule has 0 aromatic carbocycles. The molecule has 1 N–H and O–H groups in total. The Morgan fingerprint density at radius 1 is 1.35 bits per heavy atom. The van der Waals surface area contributed by atoms with Gasteiger partial charge in [-0.05, 0) is 27.2 Å². The normalized spacial score (nSPS) is 12.8. The predicted octanol–water partition coefficient (Wildman–Crippen LogP) is 1.74. The van der Waals surface area contributed by atoms with Crippen molar-refractivity contribution < 1.29 is 19.4 Å². The molecule has 0 aliphatic rings. The second-order valence-corrected chi connectivity index (χ2v) is 5.77. The molecule has 5 heteroatoms. The van der Waals surface area contributed by atoms with E-state index < -0.39 is 5.97 Å². The van der Waals surface area contributed by atoms with Crippen LogP contribution in [-0.4, -0.2) is 39.7 Å². The van der Waals surface area contributed by atoms with Crippen LogP contribution in [0.2, 0.25) is 6.04 Å². The molecule has 0 aromatic rings. The average molecular weight is 260 g/mol. The van der Waals surface area contributed by atoms with Gasteiger partial charge in [0.25, 0.3) is 0 Å². The van der Waals surface area contributed by atoms with Gasteiger partial charge in [-0.1, -0.05) is 18.5 Å². The standard InChI is InChI=1S/C12H24O4Si/c1-4-15-12(16-5-2)17-9-7-6-8-10(3)11(13)14/h8,12H,4-7,9,17H2,1-3H3,(H,13,14). The van der Waals surface area contributed by atoms with Crippen molar-refractivity contribution in [2.24, 2.45) is 0 Å². The number of hydrogen-bond donors (Lipinski definition) is 1. The van der Waals surface area contributed by atoms with Crippen LogP contribution in [0.1, 0.15) is 33.6 Å². The van der Waals surface area contributed by atoms with Gasteiger partial charge in [0.05, 0.1) is 9.52 Å². The molecule has 0 heterocycles. The second-order valence-electron chi connectivity index (χ2n) is 3.82. The molecule has 0 radical (unpaired) electrons. The smallest absolute Gasteiger partial charge is 0.330 e. The van der Waals surface area contributed by atoms with Gasteiger partial charge in [-0.3, -0.25) is 0 Å². The maximum absolute atomic E-state index is 10.5. The fourth-order valence-corrected chi connectivity index (χ4v) is 3.16. The van der Waals surface area contributed by atoms with Crippen LogP contribution in [0.4, 0.5) is 0 Å². The van der Waals surface area contributed by atoms with E-state index in [9.17, 15) is 4.79 Å². The molecule has 100 valence electrons. The molecule has 0 saturated heterocycles. The number of unbranched alkanes of at least 4 members (excludes halogenated alkanes) is 1. The molecule has 0 fully saturated rings. The maximum Gasteiger partial charge on any atom is 0.330 e. The van der Waals surface area contributed by atoms with Crippen LogP contribution >= 0.6 is 0 Å². The average Bonchev–Trinajstić information content (AvgIpc) is 2.28. The summed E-state index contributed by atoms with van der Waals surface area (Å²) in [6.45, 7) is 6.95. The topological polar surface area (TPSA) is 55.8 Å². The van der Waals surface area contributed by atoms with E-state index in [-0.39, 0.29) is 15.4 Å². The van der Waals surface area contributed by atoms with E-state index in [1.54, 1.807) is 13.0 Å². The molecule has 0 aliphatic carbocycles. The maximum atomic E-state index is 10.5. The van der Waals surface area contributed by atoms with Gasteiger partial charge in [-0.2, -0.15) is 0 Å². The molecular weight excluding hydrogens is 236 g/mol. The van der Waals surface area contributed by atoms with E-state index in [0.717, 1.165) is 18.9 Å². The van der Waals surface area contributed by atoms with E-state index in [1.807, 2.05) is 13.8 Å². The number of hydrogen-bond acceptors (Lipinski definition) is 3. The van der Waals surface area contributed by atoms with Gasteiger partial charge < -0.3 is 14.6 Å². The number of allylic oxidation sites excluding steroid dienone is 1. The largest absolute Gasteiger partial charge is 0.478 e. The Labute approximate surface area is 106 Å². The first-order valence-corrected chi connectivity index (χ1v) is 8.06. The molecule has 4 nitrogen and oxygen atoms in total. The van der Waals surface area contributed by atoms with Gasteiger partial charge in [0.2, 0.25) is 0 Å².